The van der Waals surface area contributed by atoms with Crippen molar-refractivity contribution in [3.8, 4) is 6.07 Å². The Morgan fingerprint density at radius 1 is 0.905 bits per heavy atom. The molecule has 21 heavy (non-hydrogen) atoms. The zero-order valence-electron chi connectivity index (χ0n) is 11.1. The largest absolute Gasteiger partial charge is 0.398 e. The maximum absolute atomic E-state index is 9.01. The fraction of sp³-hybridized carbons (Fsp3) is 0. The first-order valence-electron chi connectivity index (χ1n) is 6.42. The molecular formula is C17H12BrN3. The number of rotatable bonds is 2. The lowest BCUT2D eigenvalue weighted by Gasteiger charge is -2.09. The van der Waals surface area contributed by atoms with Gasteiger partial charge in [0, 0.05) is 21.5 Å². The monoisotopic (exact) mass is 337 g/mol. The molecule has 0 heterocycles. The van der Waals surface area contributed by atoms with E-state index < -0.39 is 0 Å². The fourth-order valence-corrected chi connectivity index (χ4v) is 2.57. The van der Waals surface area contributed by atoms with Gasteiger partial charge in [0.25, 0.3) is 0 Å². The van der Waals surface area contributed by atoms with Crippen LogP contribution in [0.5, 0.6) is 0 Å². The summed E-state index contributed by atoms with van der Waals surface area (Å²) in [5.74, 6) is 0. The summed E-state index contributed by atoms with van der Waals surface area (Å²) in [6, 6.07) is 19.7. The Morgan fingerprint density at radius 2 is 1.57 bits per heavy atom. The Labute approximate surface area is 131 Å². The Kier molecular flexibility index (Phi) is 3.51. The fourth-order valence-electron chi connectivity index (χ4n) is 2.19. The number of nitrogens with one attached hydrogen (secondary N) is 1. The molecule has 0 unspecified atom stereocenters. The van der Waals surface area contributed by atoms with Crippen molar-refractivity contribution >= 4 is 43.8 Å². The molecule has 0 bridgehead atoms. The summed E-state index contributed by atoms with van der Waals surface area (Å²) in [6.07, 6.45) is 0. The molecule has 3 N–H and O–H groups in total. The topological polar surface area (TPSA) is 61.8 Å². The van der Waals surface area contributed by atoms with E-state index in [0.717, 1.165) is 21.2 Å². The minimum atomic E-state index is 0.477. The van der Waals surface area contributed by atoms with Crippen molar-refractivity contribution in [2.75, 3.05) is 11.1 Å². The Hall–Kier alpha value is -2.51. The molecule has 0 aliphatic rings. The van der Waals surface area contributed by atoms with Crippen LogP contribution < -0.4 is 11.1 Å². The van der Waals surface area contributed by atoms with Gasteiger partial charge in [0.2, 0.25) is 0 Å². The van der Waals surface area contributed by atoms with Crippen molar-refractivity contribution < 1.29 is 0 Å². The SMILES string of the molecule is N#Cc1cc(Nc2ccc3cc(Br)ccc3c2)ccc1N. The first-order valence-corrected chi connectivity index (χ1v) is 7.21. The van der Waals surface area contributed by atoms with Gasteiger partial charge in [-0.1, -0.05) is 28.1 Å². The Morgan fingerprint density at radius 3 is 2.38 bits per heavy atom. The molecule has 0 amide bonds. The number of halogens is 1. The van der Waals surface area contributed by atoms with E-state index >= 15 is 0 Å². The summed E-state index contributed by atoms with van der Waals surface area (Å²) < 4.78 is 1.06. The van der Waals surface area contributed by atoms with Gasteiger partial charge in [-0.3, -0.25) is 0 Å². The molecular weight excluding hydrogens is 326 g/mol. The summed E-state index contributed by atoms with van der Waals surface area (Å²) in [5, 5.41) is 14.6. The van der Waals surface area contributed by atoms with E-state index in [-0.39, 0.29) is 0 Å². The van der Waals surface area contributed by atoms with Crippen LogP contribution in [0.1, 0.15) is 5.56 Å². The first-order chi connectivity index (χ1) is 10.2. The van der Waals surface area contributed by atoms with Crippen LogP contribution in [0.4, 0.5) is 17.1 Å². The number of hydrogen-bond acceptors (Lipinski definition) is 3. The number of nitrogens with zero attached hydrogens (tertiary/aromatic N) is 1. The highest BCUT2D eigenvalue weighted by Crippen LogP contribution is 2.26. The van der Waals surface area contributed by atoms with Crippen LogP contribution in [-0.4, -0.2) is 0 Å². The predicted octanol–water partition coefficient (Wildman–Crippen LogP) is 4.80. The predicted molar refractivity (Wildman–Crippen MR) is 90.5 cm³/mol. The molecule has 4 heteroatoms. The molecule has 3 rings (SSSR count). The van der Waals surface area contributed by atoms with Gasteiger partial charge in [-0.15, -0.1) is 0 Å². The van der Waals surface area contributed by atoms with Gasteiger partial charge in [0.1, 0.15) is 6.07 Å². The van der Waals surface area contributed by atoms with E-state index in [1.54, 1.807) is 12.1 Å². The zero-order chi connectivity index (χ0) is 14.8. The number of anilines is 3. The van der Waals surface area contributed by atoms with Gasteiger partial charge in [0.15, 0.2) is 0 Å². The number of nitriles is 1. The van der Waals surface area contributed by atoms with Gasteiger partial charge in [-0.25, -0.2) is 0 Å². The van der Waals surface area contributed by atoms with Crippen LogP contribution in [0, 0.1) is 11.3 Å². The summed E-state index contributed by atoms with van der Waals surface area (Å²) in [7, 11) is 0. The highest BCUT2D eigenvalue weighted by molar-refractivity contribution is 9.10. The second-order valence-electron chi connectivity index (χ2n) is 4.75. The quantitative estimate of drug-likeness (QED) is 0.660. The number of nitrogens with two attached hydrogens (primary N) is 1. The lowest BCUT2D eigenvalue weighted by atomic mass is 10.1. The van der Waals surface area contributed by atoms with Gasteiger partial charge in [-0.05, 0) is 53.2 Å². The average molecular weight is 338 g/mol. The maximum atomic E-state index is 9.01. The van der Waals surface area contributed by atoms with Gasteiger partial charge in [0.05, 0.1) is 5.56 Å². The van der Waals surface area contributed by atoms with Crippen LogP contribution >= 0.6 is 15.9 Å². The number of fused-ring (bicyclic) bond motifs is 1. The third-order valence-electron chi connectivity index (χ3n) is 3.26. The zero-order valence-corrected chi connectivity index (χ0v) is 12.7. The molecule has 0 radical (unpaired) electrons. The normalized spacial score (nSPS) is 10.3. The molecule has 0 saturated carbocycles. The molecule has 0 saturated heterocycles. The summed E-state index contributed by atoms with van der Waals surface area (Å²) in [6.45, 7) is 0. The van der Waals surface area contributed by atoms with Crippen molar-refractivity contribution in [3.63, 3.8) is 0 Å². The van der Waals surface area contributed by atoms with E-state index in [4.69, 9.17) is 11.0 Å². The van der Waals surface area contributed by atoms with Crippen LogP contribution in [0.3, 0.4) is 0 Å². The number of benzene rings is 3. The molecule has 0 aromatic heterocycles. The highest BCUT2D eigenvalue weighted by Gasteiger charge is 2.02. The van der Waals surface area contributed by atoms with E-state index in [1.165, 1.54) is 5.39 Å². The van der Waals surface area contributed by atoms with Crippen molar-refractivity contribution in [3.05, 3.63) is 64.6 Å². The van der Waals surface area contributed by atoms with Gasteiger partial charge < -0.3 is 11.1 Å². The minimum absolute atomic E-state index is 0.477. The Bertz CT molecular complexity index is 866. The molecule has 0 spiro atoms. The van der Waals surface area contributed by atoms with Gasteiger partial charge in [-0.2, -0.15) is 5.26 Å². The third-order valence-corrected chi connectivity index (χ3v) is 3.76. The Balaban J connectivity index is 1.95. The smallest absolute Gasteiger partial charge is 0.101 e. The molecule has 0 atom stereocenters. The molecule has 0 fully saturated rings. The maximum Gasteiger partial charge on any atom is 0.101 e. The van der Waals surface area contributed by atoms with Crippen LogP contribution in [0.15, 0.2) is 59.1 Å². The summed E-state index contributed by atoms with van der Waals surface area (Å²) in [5.41, 5.74) is 8.51. The molecule has 3 aromatic carbocycles. The lowest BCUT2D eigenvalue weighted by Crippen LogP contribution is -1.94. The number of nitrogen functional groups attached to an aromatic ring is 1. The molecule has 102 valence electrons. The van der Waals surface area contributed by atoms with E-state index in [1.807, 2.05) is 18.2 Å². The van der Waals surface area contributed by atoms with Crippen LogP contribution in [0.2, 0.25) is 0 Å². The second kappa shape index (κ2) is 5.47. The molecule has 0 aliphatic carbocycles. The van der Waals surface area contributed by atoms with E-state index in [0.29, 0.717) is 11.3 Å². The second-order valence-corrected chi connectivity index (χ2v) is 5.66. The van der Waals surface area contributed by atoms with E-state index in [2.05, 4.69) is 51.6 Å². The summed E-state index contributed by atoms with van der Waals surface area (Å²) >= 11 is 3.47. The first kappa shape index (κ1) is 13.5. The molecule has 3 nitrogen and oxygen atoms in total. The molecule has 0 aliphatic heterocycles. The third kappa shape index (κ3) is 2.83. The highest BCUT2D eigenvalue weighted by atomic mass is 79.9. The lowest BCUT2D eigenvalue weighted by molar-refractivity contribution is 1.47. The summed E-state index contributed by atoms with van der Waals surface area (Å²) in [4.78, 5) is 0. The van der Waals surface area contributed by atoms with Crippen molar-refractivity contribution in [2.45, 2.75) is 0 Å². The van der Waals surface area contributed by atoms with E-state index in [9.17, 15) is 0 Å². The van der Waals surface area contributed by atoms with Crippen molar-refractivity contribution in [2.24, 2.45) is 0 Å². The standard InChI is InChI=1S/C17H12BrN3/c18-14-3-1-12-8-15(4-2-11(12)7-14)21-16-5-6-17(20)13(9-16)10-19/h1-9,21H,20H2. The van der Waals surface area contributed by atoms with Crippen LogP contribution in [-0.2, 0) is 0 Å². The number of hydrogen-bond donors (Lipinski definition) is 2. The van der Waals surface area contributed by atoms with Gasteiger partial charge >= 0.3 is 0 Å². The van der Waals surface area contributed by atoms with Crippen LogP contribution in [0.25, 0.3) is 10.8 Å². The minimum Gasteiger partial charge on any atom is -0.398 e. The molecule has 3 aromatic rings. The average Bonchev–Trinajstić information content (AvgIpc) is 2.49. The van der Waals surface area contributed by atoms with Crippen molar-refractivity contribution in [1.29, 1.82) is 5.26 Å². The van der Waals surface area contributed by atoms with Crippen molar-refractivity contribution in [1.82, 2.24) is 0 Å².